The van der Waals surface area contributed by atoms with Crippen LogP contribution in [0.5, 0.6) is 0 Å². The van der Waals surface area contributed by atoms with E-state index in [0.717, 1.165) is 14.2 Å². The second kappa shape index (κ2) is 9.08. The quantitative estimate of drug-likeness (QED) is 0.691. The predicted molar refractivity (Wildman–Crippen MR) is 59.7 cm³/mol. The van der Waals surface area contributed by atoms with E-state index in [9.17, 15) is 16.8 Å². The minimum absolute atomic E-state index is 0. The molecule has 0 saturated heterocycles. The van der Waals surface area contributed by atoms with Gasteiger partial charge in [0, 0.05) is 0 Å². The van der Waals surface area contributed by atoms with Crippen LogP contribution < -0.4 is 0 Å². The Morgan fingerprint density at radius 2 is 1.00 bits per heavy atom. The van der Waals surface area contributed by atoms with Crippen molar-refractivity contribution in [1.82, 2.24) is 0 Å². The van der Waals surface area contributed by atoms with Crippen molar-refractivity contribution in [2.45, 2.75) is 21.3 Å². The fourth-order valence-electron chi connectivity index (χ4n) is 0.236. The fourth-order valence-corrected chi connectivity index (χ4v) is 0.707. The average molecular weight is 264 g/mol. The van der Waals surface area contributed by atoms with Crippen LogP contribution in [-0.4, -0.2) is 42.6 Å². The molecule has 0 atom stereocenters. The molecule has 8 heteroatoms. The van der Waals surface area contributed by atoms with E-state index >= 15 is 0 Å². The third-order valence-electron chi connectivity index (χ3n) is 1.21. The molecule has 96 valence electrons. The van der Waals surface area contributed by atoms with Crippen molar-refractivity contribution in [2.75, 3.05) is 25.7 Å². The van der Waals surface area contributed by atoms with E-state index in [-0.39, 0.29) is 18.9 Å². The summed E-state index contributed by atoms with van der Waals surface area (Å²) in [4.78, 5) is 0. The Morgan fingerprint density at radius 1 is 0.800 bits per heavy atom. The van der Waals surface area contributed by atoms with Crippen LogP contribution in [0.2, 0.25) is 0 Å². The molecule has 0 saturated carbocycles. The van der Waals surface area contributed by atoms with Crippen LogP contribution in [0.15, 0.2) is 0 Å². The standard InChI is InChI=1S/2C3H8O3S.CH4/c2*1-3-7(4,5)6-2;/h2*3H2,1-2H3;1H4. The van der Waals surface area contributed by atoms with Crippen molar-refractivity contribution in [3.8, 4) is 0 Å². The summed E-state index contributed by atoms with van der Waals surface area (Å²) in [6, 6.07) is 0. The van der Waals surface area contributed by atoms with Crippen LogP contribution in [0.4, 0.5) is 0 Å². The molecule has 0 N–H and O–H groups in total. The molecule has 15 heavy (non-hydrogen) atoms. The first-order valence-electron chi connectivity index (χ1n) is 3.81. The van der Waals surface area contributed by atoms with Gasteiger partial charge in [-0.2, -0.15) is 16.8 Å². The molecule has 0 radical (unpaired) electrons. The summed E-state index contributed by atoms with van der Waals surface area (Å²) in [5.74, 6) is 0.0903. The second-order valence-corrected chi connectivity index (χ2v) is 6.08. The van der Waals surface area contributed by atoms with E-state index < -0.39 is 20.2 Å². The number of hydrogen-bond donors (Lipinski definition) is 0. The van der Waals surface area contributed by atoms with Crippen LogP contribution in [0.1, 0.15) is 21.3 Å². The van der Waals surface area contributed by atoms with Crippen molar-refractivity contribution in [1.29, 1.82) is 0 Å². The lowest BCUT2D eigenvalue weighted by Crippen LogP contribution is -2.03. The van der Waals surface area contributed by atoms with Gasteiger partial charge in [-0.05, 0) is 13.8 Å². The summed E-state index contributed by atoms with van der Waals surface area (Å²) in [5.41, 5.74) is 0. The molecule has 0 unspecified atom stereocenters. The third-order valence-corrected chi connectivity index (χ3v) is 3.64. The highest BCUT2D eigenvalue weighted by atomic mass is 32.2. The van der Waals surface area contributed by atoms with Gasteiger partial charge in [-0.1, -0.05) is 7.43 Å². The summed E-state index contributed by atoms with van der Waals surface area (Å²) in [6.07, 6.45) is 0. The lowest BCUT2D eigenvalue weighted by molar-refractivity contribution is 0.398. The second-order valence-electron chi connectivity index (χ2n) is 2.03. The van der Waals surface area contributed by atoms with Crippen LogP contribution in [0.3, 0.4) is 0 Å². The zero-order valence-electron chi connectivity index (χ0n) is 8.68. The zero-order valence-corrected chi connectivity index (χ0v) is 10.3. The van der Waals surface area contributed by atoms with Crippen molar-refractivity contribution >= 4 is 20.2 Å². The highest BCUT2D eigenvalue weighted by Gasteiger charge is 2.00. The molecule has 0 rings (SSSR count). The molecular formula is C7H20O6S2. The van der Waals surface area contributed by atoms with E-state index in [1.54, 1.807) is 0 Å². The largest absolute Gasteiger partial charge is 0.273 e. The van der Waals surface area contributed by atoms with Gasteiger partial charge < -0.3 is 0 Å². The first-order chi connectivity index (χ1) is 6.24. The Kier molecular flexibility index (Phi) is 12.3. The summed E-state index contributed by atoms with van der Waals surface area (Å²) in [6.45, 7) is 3.05. The van der Waals surface area contributed by atoms with Gasteiger partial charge in [0.1, 0.15) is 0 Å². The van der Waals surface area contributed by atoms with Crippen LogP contribution >= 0.6 is 0 Å². The Labute approximate surface area is 92.8 Å². The van der Waals surface area contributed by atoms with Gasteiger partial charge in [-0.15, -0.1) is 0 Å². The molecule has 6 nitrogen and oxygen atoms in total. The first-order valence-corrected chi connectivity index (χ1v) is 6.96. The minimum atomic E-state index is -3.16. The predicted octanol–water partition coefficient (Wildman–Crippen LogP) is 0.601. The van der Waals surface area contributed by atoms with Crippen LogP contribution in [0, 0.1) is 0 Å². The van der Waals surface area contributed by atoms with E-state index in [1.807, 2.05) is 0 Å². The van der Waals surface area contributed by atoms with Crippen molar-refractivity contribution in [2.24, 2.45) is 0 Å². The first kappa shape index (κ1) is 20.3. The molecule has 0 fully saturated rings. The van der Waals surface area contributed by atoms with Crippen molar-refractivity contribution in [3.05, 3.63) is 0 Å². The normalized spacial score (nSPS) is 10.9. The monoisotopic (exact) mass is 264 g/mol. The molecular weight excluding hydrogens is 244 g/mol. The summed E-state index contributed by atoms with van der Waals surface area (Å²) in [5, 5.41) is 0. The molecule has 0 aromatic rings. The van der Waals surface area contributed by atoms with Gasteiger partial charge in [-0.3, -0.25) is 8.37 Å². The maximum absolute atomic E-state index is 10.1. The van der Waals surface area contributed by atoms with Gasteiger partial charge in [0.2, 0.25) is 0 Å². The van der Waals surface area contributed by atoms with Gasteiger partial charge in [-0.25, -0.2) is 0 Å². The van der Waals surface area contributed by atoms with E-state index in [1.165, 1.54) is 13.8 Å². The SMILES string of the molecule is C.CCS(=O)(=O)OC.CCS(=O)(=O)OC. The molecule has 0 heterocycles. The van der Waals surface area contributed by atoms with Gasteiger partial charge in [0.05, 0.1) is 25.7 Å². The third kappa shape index (κ3) is 13.8. The maximum atomic E-state index is 10.1. The van der Waals surface area contributed by atoms with Gasteiger partial charge >= 0.3 is 0 Å². The summed E-state index contributed by atoms with van der Waals surface area (Å²) < 4.78 is 48.7. The Morgan fingerprint density at radius 3 is 1.00 bits per heavy atom. The van der Waals surface area contributed by atoms with E-state index in [4.69, 9.17) is 0 Å². The topological polar surface area (TPSA) is 86.7 Å². The zero-order chi connectivity index (χ0) is 11.8. The summed E-state index contributed by atoms with van der Waals surface area (Å²) >= 11 is 0. The van der Waals surface area contributed by atoms with Crippen molar-refractivity contribution in [3.63, 3.8) is 0 Å². The van der Waals surface area contributed by atoms with Crippen LogP contribution in [-0.2, 0) is 28.6 Å². The number of hydrogen-bond acceptors (Lipinski definition) is 6. The van der Waals surface area contributed by atoms with E-state index in [0.29, 0.717) is 0 Å². The molecule has 0 aliphatic rings. The summed E-state index contributed by atoms with van der Waals surface area (Å²) in [7, 11) is -4.01. The van der Waals surface area contributed by atoms with Crippen LogP contribution in [0.25, 0.3) is 0 Å². The van der Waals surface area contributed by atoms with E-state index in [2.05, 4.69) is 8.37 Å². The van der Waals surface area contributed by atoms with Gasteiger partial charge in [0.25, 0.3) is 20.2 Å². The Balaban J connectivity index is -0.000000180. The minimum Gasteiger partial charge on any atom is -0.273 e. The Hall–Kier alpha value is -0.180. The molecule has 0 aliphatic carbocycles. The highest BCUT2D eigenvalue weighted by molar-refractivity contribution is 7.86. The molecule has 0 aliphatic heterocycles. The van der Waals surface area contributed by atoms with Crippen molar-refractivity contribution < 1.29 is 25.2 Å². The fraction of sp³-hybridized carbons (Fsp3) is 1.00. The molecule has 0 amide bonds. The Bertz CT molecular complexity index is 261. The maximum Gasteiger partial charge on any atom is 0.266 e. The lowest BCUT2D eigenvalue weighted by atomic mass is 11.0. The van der Waals surface area contributed by atoms with Gasteiger partial charge in [0.15, 0.2) is 0 Å². The lowest BCUT2D eigenvalue weighted by Gasteiger charge is -1.90. The smallest absolute Gasteiger partial charge is 0.266 e. The number of rotatable bonds is 4. The molecule has 0 spiro atoms. The molecule has 0 bridgehead atoms. The molecule has 0 aromatic heterocycles. The average Bonchev–Trinajstić information content (AvgIpc) is 2.19. The highest BCUT2D eigenvalue weighted by Crippen LogP contribution is 1.85. The molecule has 0 aromatic carbocycles.